The van der Waals surface area contributed by atoms with E-state index in [2.05, 4.69) is 28.2 Å². The van der Waals surface area contributed by atoms with Gasteiger partial charge >= 0.3 is 0 Å². The summed E-state index contributed by atoms with van der Waals surface area (Å²) in [6, 6.07) is 3.51. The highest BCUT2D eigenvalue weighted by molar-refractivity contribution is 9.10. The Kier molecular flexibility index (Phi) is 7.06. The maximum atomic E-state index is 12.4. The number of nitrogens with zero attached hydrogens (tertiary/aromatic N) is 1. The Morgan fingerprint density at radius 2 is 2.08 bits per heavy atom. The van der Waals surface area contributed by atoms with Crippen molar-refractivity contribution in [2.24, 2.45) is 0 Å². The quantitative estimate of drug-likeness (QED) is 0.635. The van der Waals surface area contributed by atoms with E-state index in [1.807, 2.05) is 30.9 Å². The largest absolute Gasteiger partial charge is 0.493 e. The molecule has 26 heavy (non-hydrogen) atoms. The molecule has 1 N–H and O–H groups in total. The Balaban J connectivity index is 2.57. The second-order valence-corrected chi connectivity index (χ2v) is 7.30. The molecule has 1 aromatic carbocycles. The summed E-state index contributed by atoms with van der Waals surface area (Å²) in [5.74, 6) is 1.28. The molecule has 0 bridgehead atoms. The molecule has 5 nitrogen and oxygen atoms in total. The standard InChI is InChI=1S/C19H25BrN2O3S/c1-6-8-22-11(3)16(12(4)23)17(21-19(22)26)13-9-14(20)18(25-7-2)15(10-13)24-5/h9-10,17H,6-8H2,1-5H3,(H,21,26). The van der Waals surface area contributed by atoms with Gasteiger partial charge in [0, 0.05) is 17.8 Å². The van der Waals surface area contributed by atoms with Crippen LogP contribution in [0, 0.1) is 0 Å². The predicted molar refractivity (Wildman–Crippen MR) is 111 cm³/mol. The summed E-state index contributed by atoms with van der Waals surface area (Å²) in [4.78, 5) is 14.4. The molecule has 1 aromatic rings. The molecule has 1 unspecified atom stereocenters. The van der Waals surface area contributed by atoms with E-state index in [4.69, 9.17) is 21.7 Å². The zero-order valence-electron chi connectivity index (χ0n) is 15.8. The topological polar surface area (TPSA) is 50.8 Å². The molecule has 1 aliphatic rings. The molecule has 1 aliphatic heterocycles. The first-order valence-corrected chi connectivity index (χ1v) is 9.85. The van der Waals surface area contributed by atoms with Gasteiger partial charge in [-0.25, -0.2) is 0 Å². The number of hydrogen-bond donors (Lipinski definition) is 1. The van der Waals surface area contributed by atoms with E-state index in [9.17, 15) is 4.79 Å². The number of Topliss-reactive ketones (excluding diaryl/α,β-unsaturated/α-hetero) is 1. The molecule has 0 saturated carbocycles. The van der Waals surface area contributed by atoms with E-state index in [1.54, 1.807) is 14.0 Å². The van der Waals surface area contributed by atoms with Crippen LogP contribution in [0.15, 0.2) is 27.9 Å². The van der Waals surface area contributed by atoms with Crippen molar-refractivity contribution >= 4 is 39.0 Å². The Morgan fingerprint density at radius 1 is 1.38 bits per heavy atom. The zero-order chi connectivity index (χ0) is 19.4. The van der Waals surface area contributed by atoms with Gasteiger partial charge in [-0.15, -0.1) is 0 Å². The first kappa shape index (κ1) is 20.7. The van der Waals surface area contributed by atoms with Crippen LogP contribution in [0.5, 0.6) is 11.5 Å². The highest BCUT2D eigenvalue weighted by Gasteiger charge is 2.32. The number of allylic oxidation sites excluding steroid dienone is 1. The van der Waals surface area contributed by atoms with E-state index in [0.717, 1.165) is 28.7 Å². The first-order valence-electron chi connectivity index (χ1n) is 8.65. The number of thiocarbonyl (C=S) groups is 1. The lowest BCUT2D eigenvalue weighted by Crippen LogP contribution is -2.47. The third kappa shape index (κ3) is 4.04. The summed E-state index contributed by atoms with van der Waals surface area (Å²) in [6.45, 7) is 8.86. The Morgan fingerprint density at radius 3 is 2.62 bits per heavy atom. The normalized spacial score (nSPS) is 17.2. The average Bonchev–Trinajstić information content (AvgIpc) is 2.59. The third-order valence-corrected chi connectivity index (χ3v) is 5.22. The van der Waals surface area contributed by atoms with Crippen LogP contribution in [-0.4, -0.2) is 36.1 Å². The molecule has 1 atom stereocenters. The number of ether oxygens (including phenoxy) is 2. The Hall–Kier alpha value is -1.60. The maximum Gasteiger partial charge on any atom is 0.175 e. The fraction of sp³-hybridized carbons (Fsp3) is 0.474. The second kappa shape index (κ2) is 8.86. The highest BCUT2D eigenvalue weighted by atomic mass is 79.9. The monoisotopic (exact) mass is 440 g/mol. The number of hydrogen-bond acceptors (Lipinski definition) is 4. The predicted octanol–water partition coefficient (Wildman–Crippen LogP) is 4.36. The van der Waals surface area contributed by atoms with Crippen molar-refractivity contribution in [1.82, 2.24) is 10.2 Å². The first-order chi connectivity index (χ1) is 12.3. The molecule has 0 spiro atoms. The summed E-state index contributed by atoms with van der Waals surface area (Å²) in [6.07, 6.45) is 0.942. The second-order valence-electron chi connectivity index (χ2n) is 6.06. The molecule has 1 heterocycles. The SMILES string of the molecule is CCCN1C(=S)NC(c2cc(Br)c(OCC)c(OC)c2)C(C(C)=O)=C1C. The van der Waals surface area contributed by atoms with Crippen molar-refractivity contribution in [2.45, 2.75) is 40.2 Å². The van der Waals surface area contributed by atoms with Crippen molar-refractivity contribution in [2.75, 3.05) is 20.3 Å². The van der Waals surface area contributed by atoms with E-state index < -0.39 is 0 Å². The van der Waals surface area contributed by atoms with Gasteiger partial charge in [-0.1, -0.05) is 6.92 Å². The number of methoxy groups -OCH3 is 1. The summed E-state index contributed by atoms with van der Waals surface area (Å²) in [7, 11) is 1.60. The number of nitrogens with one attached hydrogen (secondary N) is 1. The Bertz CT molecular complexity index is 749. The minimum Gasteiger partial charge on any atom is -0.493 e. The van der Waals surface area contributed by atoms with E-state index in [1.165, 1.54) is 0 Å². The van der Waals surface area contributed by atoms with Gasteiger partial charge < -0.3 is 19.7 Å². The average molecular weight is 441 g/mol. The van der Waals surface area contributed by atoms with E-state index in [0.29, 0.717) is 28.8 Å². The molecular weight excluding hydrogens is 416 g/mol. The fourth-order valence-electron chi connectivity index (χ4n) is 3.17. The lowest BCUT2D eigenvalue weighted by molar-refractivity contribution is -0.114. The van der Waals surface area contributed by atoms with Crippen molar-refractivity contribution < 1.29 is 14.3 Å². The van der Waals surface area contributed by atoms with Crippen molar-refractivity contribution in [3.05, 3.63) is 33.4 Å². The number of halogens is 1. The Labute approximate surface area is 168 Å². The molecule has 0 aromatic heterocycles. The van der Waals surface area contributed by atoms with Gasteiger partial charge in [-0.05, 0) is 73.0 Å². The van der Waals surface area contributed by atoms with Crippen LogP contribution in [0.25, 0.3) is 0 Å². The van der Waals surface area contributed by atoms with Gasteiger partial charge in [-0.2, -0.15) is 0 Å². The summed E-state index contributed by atoms with van der Waals surface area (Å²) >= 11 is 9.10. The fourth-order valence-corrected chi connectivity index (χ4v) is 4.09. The summed E-state index contributed by atoms with van der Waals surface area (Å²) < 4.78 is 11.9. The number of benzene rings is 1. The smallest absolute Gasteiger partial charge is 0.175 e. The third-order valence-electron chi connectivity index (χ3n) is 4.30. The minimum atomic E-state index is -0.325. The number of ketones is 1. The minimum absolute atomic E-state index is 0.0209. The van der Waals surface area contributed by atoms with Crippen LogP contribution in [0.3, 0.4) is 0 Å². The summed E-state index contributed by atoms with van der Waals surface area (Å²) in [5, 5.41) is 3.95. The van der Waals surface area contributed by atoms with Gasteiger partial charge in [0.2, 0.25) is 0 Å². The van der Waals surface area contributed by atoms with Crippen LogP contribution >= 0.6 is 28.1 Å². The van der Waals surface area contributed by atoms with Crippen LogP contribution < -0.4 is 14.8 Å². The lowest BCUT2D eigenvalue weighted by atomic mass is 9.92. The van der Waals surface area contributed by atoms with Crippen molar-refractivity contribution in [3.8, 4) is 11.5 Å². The molecule has 0 amide bonds. The molecule has 2 rings (SSSR count). The van der Waals surface area contributed by atoms with E-state index in [-0.39, 0.29) is 11.8 Å². The van der Waals surface area contributed by atoms with Crippen LogP contribution in [0.2, 0.25) is 0 Å². The van der Waals surface area contributed by atoms with Gasteiger partial charge in [0.1, 0.15) is 0 Å². The molecule has 142 valence electrons. The zero-order valence-corrected chi connectivity index (χ0v) is 18.2. The number of carbonyl (C=O) groups is 1. The molecular formula is C19H25BrN2O3S. The summed E-state index contributed by atoms with van der Waals surface area (Å²) in [5.41, 5.74) is 2.50. The number of carbonyl (C=O) groups excluding carboxylic acids is 1. The number of rotatable bonds is 7. The van der Waals surface area contributed by atoms with Crippen molar-refractivity contribution in [1.29, 1.82) is 0 Å². The van der Waals surface area contributed by atoms with Crippen molar-refractivity contribution in [3.63, 3.8) is 0 Å². The molecule has 0 radical (unpaired) electrons. The highest BCUT2D eigenvalue weighted by Crippen LogP contribution is 2.41. The molecule has 0 saturated heterocycles. The van der Waals surface area contributed by atoms with Gasteiger partial charge in [-0.3, -0.25) is 4.79 Å². The van der Waals surface area contributed by atoms with Crippen LogP contribution in [0.4, 0.5) is 0 Å². The maximum absolute atomic E-state index is 12.4. The van der Waals surface area contributed by atoms with Gasteiger partial charge in [0.05, 0.1) is 24.2 Å². The van der Waals surface area contributed by atoms with Gasteiger partial charge in [0.15, 0.2) is 22.4 Å². The van der Waals surface area contributed by atoms with E-state index >= 15 is 0 Å². The van der Waals surface area contributed by atoms with Gasteiger partial charge in [0.25, 0.3) is 0 Å². The van der Waals surface area contributed by atoms with Crippen LogP contribution in [-0.2, 0) is 4.79 Å². The molecule has 0 fully saturated rings. The lowest BCUT2D eigenvalue weighted by Gasteiger charge is -2.37. The molecule has 7 heteroatoms. The van der Waals surface area contributed by atoms with Crippen LogP contribution in [0.1, 0.15) is 45.7 Å². The molecule has 0 aliphatic carbocycles.